The maximum Gasteiger partial charge on any atom is 0.416 e. The molecule has 0 spiro atoms. The summed E-state index contributed by atoms with van der Waals surface area (Å²) in [5, 5.41) is 0. The van der Waals surface area contributed by atoms with Crippen LogP contribution in [0.15, 0.2) is 18.2 Å². The molecule has 1 aromatic rings. The highest BCUT2D eigenvalue weighted by Crippen LogP contribution is 2.39. The van der Waals surface area contributed by atoms with Gasteiger partial charge in [-0.05, 0) is 50.9 Å². The van der Waals surface area contributed by atoms with Crippen LogP contribution in [0.3, 0.4) is 0 Å². The van der Waals surface area contributed by atoms with Crippen molar-refractivity contribution in [2.24, 2.45) is 5.92 Å². The van der Waals surface area contributed by atoms with Gasteiger partial charge in [0.2, 0.25) is 0 Å². The van der Waals surface area contributed by atoms with Crippen LogP contribution in [0.2, 0.25) is 0 Å². The fourth-order valence-electron chi connectivity index (χ4n) is 3.76. The fourth-order valence-corrected chi connectivity index (χ4v) is 3.76. The third kappa shape index (κ3) is 2.76. The molecule has 2 heterocycles. The molecule has 0 aliphatic carbocycles. The van der Waals surface area contributed by atoms with Gasteiger partial charge in [-0.1, -0.05) is 0 Å². The Labute approximate surface area is 126 Å². The summed E-state index contributed by atoms with van der Waals surface area (Å²) in [5.41, 5.74) is -1.27. The average Bonchev–Trinajstić information content (AvgIpc) is 2.66. The largest absolute Gasteiger partial charge is 0.416 e. The molecular weight excluding hydrogens is 298 g/mol. The van der Waals surface area contributed by atoms with Crippen molar-refractivity contribution in [3.63, 3.8) is 0 Å². The molecule has 2 unspecified atom stereocenters. The number of carbonyl (C=O) groups is 1. The number of piperidine rings is 1. The van der Waals surface area contributed by atoms with E-state index in [1.54, 1.807) is 0 Å². The van der Waals surface area contributed by atoms with Gasteiger partial charge in [-0.15, -0.1) is 0 Å². The van der Waals surface area contributed by atoms with Gasteiger partial charge in [0.15, 0.2) is 5.78 Å². The molecule has 22 heavy (non-hydrogen) atoms. The number of hydrogen-bond acceptors (Lipinski definition) is 2. The first-order chi connectivity index (χ1) is 10.3. The second-order valence-corrected chi connectivity index (χ2v) is 6.31. The Balaban J connectivity index is 1.85. The highest BCUT2D eigenvalue weighted by Gasteiger charge is 2.41. The lowest BCUT2D eigenvalue weighted by Crippen LogP contribution is -2.42. The highest BCUT2D eigenvalue weighted by atomic mass is 19.4. The van der Waals surface area contributed by atoms with Crippen LogP contribution in [-0.4, -0.2) is 29.8 Å². The lowest BCUT2D eigenvalue weighted by Gasteiger charge is -2.35. The van der Waals surface area contributed by atoms with Gasteiger partial charge in [0.25, 0.3) is 0 Å². The first-order valence-electron chi connectivity index (χ1n) is 7.39. The Kier molecular flexibility index (Phi) is 3.75. The molecule has 2 saturated heterocycles. The topological polar surface area (TPSA) is 20.3 Å². The molecule has 2 nitrogen and oxygen atoms in total. The number of halogens is 4. The summed E-state index contributed by atoms with van der Waals surface area (Å²) >= 11 is 0. The number of nitrogens with zero attached hydrogens (tertiary/aromatic N) is 1. The van der Waals surface area contributed by atoms with Crippen LogP contribution in [0, 0.1) is 11.7 Å². The van der Waals surface area contributed by atoms with Crippen LogP contribution in [0.1, 0.15) is 41.6 Å². The van der Waals surface area contributed by atoms with E-state index in [0.717, 1.165) is 25.0 Å². The predicted molar refractivity (Wildman–Crippen MR) is 73.0 cm³/mol. The molecule has 0 saturated carbocycles. The van der Waals surface area contributed by atoms with Gasteiger partial charge >= 0.3 is 6.18 Å². The number of ketones is 1. The summed E-state index contributed by atoms with van der Waals surface area (Å²) in [4.78, 5) is 14.8. The Bertz CT molecular complexity index is 584. The Morgan fingerprint density at radius 3 is 2.27 bits per heavy atom. The molecule has 6 heteroatoms. The maximum absolute atomic E-state index is 13.5. The summed E-state index contributed by atoms with van der Waals surface area (Å²) in [5.74, 6) is -1.69. The van der Waals surface area contributed by atoms with E-state index < -0.39 is 17.6 Å². The second kappa shape index (κ2) is 5.33. The van der Waals surface area contributed by atoms with Crippen molar-refractivity contribution in [1.82, 2.24) is 4.90 Å². The van der Waals surface area contributed by atoms with Crippen molar-refractivity contribution < 1.29 is 22.4 Å². The van der Waals surface area contributed by atoms with Gasteiger partial charge in [0.05, 0.1) is 5.56 Å². The number of carbonyl (C=O) groups excluding carboxylic acids is 1. The van der Waals surface area contributed by atoms with Crippen molar-refractivity contribution >= 4 is 5.78 Å². The van der Waals surface area contributed by atoms with Gasteiger partial charge in [-0.25, -0.2) is 4.39 Å². The quantitative estimate of drug-likeness (QED) is 0.609. The number of hydrogen-bond donors (Lipinski definition) is 0. The zero-order chi connectivity index (χ0) is 16.1. The van der Waals surface area contributed by atoms with E-state index in [4.69, 9.17) is 0 Å². The lowest BCUT2D eigenvalue weighted by atomic mass is 9.84. The number of fused-ring (bicyclic) bond motifs is 2. The zero-order valence-corrected chi connectivity index (χ0v) is 12.2. The molecule has 120 valence electrons. The van der Waals surface area contributed by atoms with E-state index in [1.807, 2.05) is 7.05 Å². The van der Waals surface area contributed by atoms with E-state index in [9.17, 15) is 22.4 Å². The molecule has 0 N–H and O–H groups in total. The monoisotopic (exact) mass is 315 g/mol. The van der Waals surface area contributed by atoms with E-state index in [1.165, 1.54) is 0 Å². The molecule has 2 bridgehead atoms. The van der Waals surface area contributed by atoms with Crippen LogP contribution in [0.25, 0.3) is 0 Å². The minimum atomic E-state index is -4.65. The van der Waals surface area contributed by atoms with Crippen molar-refractivity contribution in [1.29, 1.82) is 0 Å². The third-order valence-electron chi connectivity index (χ3n) is 4.98. The van der Waals surface area contributed by atoms with E-state index in [0.29, 0.717) is 31.0 Å². The number of alkyl halides is 3. The van der Waals surface area contributed by atoms with E-state index in [2.05, 4.69) is 4.90 Å². The maximum atomic E-state index is 13.5. The van der Waals surface area contributed by atoms with Crippen LogP contribution in [-0.2, 0) is 6.18 Å². The first-order valence-corrected chi connectivity index (χ1v) is 7.39. The minimum Gasteiger partial charge on any atom is -0.300 e. The summed E-state index contributed by atoms with van der Waals surface area (Å²) in [6.07, 6.45) is -1.33. The fraction of sp³-hybridized carbons (Fsp3) is 0.562. The number of rotatable bonds is 2. The molecule has 0 amide bonds. The number of benzene rings is 1. The molecule has 2 fully saturated rings. The SMILES string of the molecule is CN1C2CCC1CC(C(=O)c1cc(F)cc(C(F)(F)F)c1)C2. The Morgan fingerprint density at radius 1 is 1.14 bits per heavy atom. The summed E-state index contributed by atoms with van der Waals surface area (Å²) < 4.78 is 51.7. The standard InChI is InChI=1S/C16H17F4NO/c1-21-13-2-3-14(21)7-10(6-13)15(22)9-4-11(16(18,19)20)8-12(17)5-9/h4-5,8,10,13-14H,2-3,6-7H2,1H3. The van der Waals surface area contributed by atoms with Gasteiger partial charge in [-0.3, -0.25) is 4.79 Å². The molecule has 2 aliphatic rings. The van der Waals surface area contributed by atoms with Crippen LogP contribution < -0.4 is 0 Å². The van der Waals surface area contributed by atoms with Crippen LogP contribution in [0.5, 0.6) is 0 Å². The molecule has 2 aliphatic heterocycles. The third-order valence-corrected chi connectivity index (χ3v) is 4.98. The Morgan fingerprint density at radius 2 is 1.73 bits per heavy atom. The van der Waals surface area contributed by atoms with Crippen LogP contribution >= 0.6 is 0 Å². The van der Waals surface area contributed by atoms with Crippen LogP contribution in [0.4, 0.5) is 17.6 Å². The van der Waals surface area contributed by atoms with Gasteiger partial charge in [-0.2, -0.15) is 13.2 Å². The molecule has 3 rings (SSSR count). The summed E-state index contributed by atoms with van der Waals surface area (Å²) in [6, 6.07) is 2.73. The van der Waals surface area contributed by atoms with E-state index in [-0.39, 0.29) is 17.3 Å². The normalized spacial score (nSPS) is 28.9. The smallest absolute Gasteiger partial charge is 0.300 e. The molecule has 2 atom stereocenters. The average molecular weight is 315 g/mol. The molecule has 0 aromatic heterocycles. The van der Waals surface area contributed by atoms with Gasteiger partial charge in [0, 0.05) is 23.6 Å². The molecular formula is C16H17F4NO. The zero-order valence-electron chi connectivity index (χ0n) is 12.2. The second-order valence-electron chi connectivity index (χ2n) is 6.31. The van der Waals surface area contributed by atoms with Crippen molar-refractivity contribution in [3.8, 4) is 0 Å². The summed E-state index contributed by atoms with van der Waals surface area (Å²) in [7, 11) is 2.02. The minimum absolute atomic E-state index is 0.165. The molecule has 0 radical (unpaired) electrons. The lowest BCUT2D eigenvalue weighted by molar-refractivity contribution is -0.137. The molecule has 1 aromatic carbocycles. The summed E-state index contributed by atoms with van der Waals surface area (Å²) in [6.45, 7) is 0. The van der Waals surface area contributed by atoms with E-state index >= 15 is 0 Å². The van der Waals surface area contributed by atoms with Gasteiger partial charge < -0.3 is 4.90 Å². The first kappa shape index (κ1) is 15.5. The Hall–Kier alpha value is -1.43. The number of Topliss-reactive ketones (excluding diaryl/α,β-unsaturated/α-hetero) is 1. The predicted octanol–water partition coefficient (Wildman–Crippen LogP) is 3.90. The van der Waals surface area contributed by atoms with Crippen molar-refractivity contribution in [3.05, 3.63) is 35.1 Å². The van der Waals surface area contributed by atoms with Crippen molar-refractivity contribution in [2.75, 3.05) is 7.05 Å². The van der Waals surface area contributed by atoms with Crippen molar-refractivity contribution in [2.45, 2.75) is 43.9 Å². The van der Waals surface area contributed by atoms with Gasteiger partial charge in [0.1, 0.15) is 5.82 Å². The highest BCUT2D eigenvalue weighted by molar-refractivity contribution is 5.98.